The highest BCUT2D eigenvalue weighted by molar-refractivity contribution is 8.18. The molecular weight excluding hydrogens is 464 g/mol. The van der Waals surface area contributed by atoms with Crippen molar-refractivity contribution in [3.8, 4) is 5.75 Å². The van der Waals surface area contributed by atoms with Gasteiger partial charge in [-0.2, -0.15) is 0 Å². The van der Waals surface area contributed by atoms with Crippen molar-refractivity contribution in [3.63, 3.8) is 0 Å². The number of ether oxygens (including phenoxy) is 1. The van der Waals surface area contributed by atoms with Crippen molar-refractivity contribution in [2.75, 3.05) is 6.54 Å². The monoisotopic (exact) mass is 492 g/mol. The van der Waals surface area contributed by atoms with Crippen LogP contribution in [0, 0.1) is 6.92 Å². The Morgan fingerprint density at radius 1 is 0.917 bits per heavy atom. The summed E-state index contributed by atoms with van der Waals surface area (Å²) in [5, 5.41) is 3.14. The largest absolute Gasteiger partial charge is 0.489 e. The van der Waals surface area contributed by atoms with Crippen LogP contribution in [0.3, 0.4) is 0 Å². The lowest BCUT2D eigenvalue weighted by molar-refractivity contribution is -0.122. The Morgan fingerprint density at radius 3 is 2.44 bits per heavy atom. The van der Waals surface area contributed by atoms with E-state index in [0.717, 1.165) is 34.2 Å². The first-order valence-corrected chi connectivity index (χ1v) is 13.0. The van der Waals surface area contributed by atoms with Gasteiger partial charge in [0, 0.05) is 6.54 Å². The van der Waals surface area contributed by atoms with Gasteiger partial charge in [0.15, 0.2) is 5.17 Å². The van der Waals surface area contributed by atoms with Crippen LogP contribution in [-0.2, 0) is 11.4 Å². The third-order valence-corrected chi connectivity index (χ3v) is 7.05. The Kier molecular flexibility index (Phi) is 7.19. The molecule has 0 radical (unpaired) electrons. The first kappa shape index (κ1) is 23.9. The van der Waals surface area contributed by atoms with Gasteiger partial charge in [-0.3, -0.25) is 9.69 Å². The van der Waals surface area contributed by atoms with E-state index < -0.39 is 0 Å². The zero-order chi connectivity index (χ0) is 24.9. The molecule has 5 heteroatoms. The molecule has 0 bridgehead atoms. The van der Waals surface area contributed by atoms with E-state index in [1.807, 2.05) is 60.7 Å². The number of carbonyl (C=O) groups is 1. The molecule has 4 nitrogen and oxygen atoms in total. The van der Waals surface area contributed by atoms with Crippen molar-refractivity contribution < 1.29 is 9.53 Å². The molecule has 0 aliphatic carbocycles. The summed E-state index contributed by atoms with van der Waals surface area (Å²) in [5.41, 5.74) is 4.15. The van der Waals surface area contributed by atoms with Crippen molar-refractivity contribution in [2.45, 2.75) is 26.9 Å². The van der Waals surface area contributed by atoms with E-state index in [-0.39, 0.29) is 5.91 Å². The second kappa shape index (κ2) is 10.8. The molecule has 5 rings (SSSR count). The summed E-state index contributed by atoms with van der Waals surface area (Å²) in [7, 11) is 0. The number of carbonyl (C=O) groups excluding carboxylic acids is 1. The molecule has 180 valence electrons. The summed E-state index contributed by atoms with van der Waals surface area (Å²) in [5.74, 6) is 0.800. The SMILES string of the molecule is CCCN1C(=O)/C(=C\c2ccc(OCc3cccc4ccccc34)cc2)SC1=Nc1ccc(C)cc1. The number of rotatable bonds is 7. The van der Waals surface area contributed by atoms with Crippen LogP contribution in [0.4, 0.5) is 5.69 Å². The smallest absolute Gasteiger partial charge is 0.266 e. The van der Waals surface area contributed by atoms with E-state index in [1.54, 1.807) is 4.90 Å². The molecule has 0 aromatic heterocycles. The minimum Gasteiger partial charge on any atom is -0.489 e. The minimum atomic E-state index is 0.00370. The minimum absolute atomic E-state index is 0.00370. The number of aliphatic imine (C=N–C) groups is 1. The molecule has 1 aliphatic heterocycles. The molecular formula is C31H28N2O2S. The van der Waals surface area contributed by atoms with Crippen LogP contribution < -0.4 is 4.74 Å². The first-order valence-electron chi connectivity index (χ1n) is 12.2. The molecule has 0 unspecified atom stereocenters. The molecule has 4 aromatic carbocycles. The zero-order valence-corrected chi connectivity index (χ0v) is 21.3. The normalized spacial score (nSPS) is 15.8. The quantitative estimate of drug-likeness (QED) is 0.248. The van der Waals surface area contributed by atoms with Crippen molar-refractivity contribution in [1.29, 1.82) is 0 Å². The van der Waals surface area contributed by atoms with Gasteiger partial charge in [0.25, 0.3) is 5.91 Å². The third-order valence-electron chi connectivity index (χ3n) is 6.05. The summed E-state index contributed by atoms with van der Waals surface area (Å²) >= 11 is 1.43. The van der Waals surface area contributed by atoms with Crippen molar-refractivity contribution >= 4 is 45.4 Å². The molecule has 1 amide bonds. The second-order valence-corrected chi connectivity index (χ2v) is 9.80. The van der Waals surface area contributed by atoms with Crippen LogP contribution in [0.1, 0.15) is 30.0 Å². The predicted molar refractivity (Wildman–Crippen MR) is 151 cm³/mol. The van der Waals surface area contributed by atoms with Gasteiger partial charge in [-0.15, -0.1) is 0 Å². The number of aryl methyl sites for hydroxylation is 1. The number of amides is 1. The summed E-state index contributed by atoms with van der Waals surface area (Å²) in [4.78, 5) is 20.3. The van der Waals surface area contributed by atoms with Crippen molar-refractivity contribution in [2.24, 2.45) is 4.99 Å². The van der Waals surface area contributed by atoms with Crippen molar-refractivity contribution in [3.05, 3.63) is 113 Å². The van der Waals surface area contributed by atoms with Gasteiger partial charge in [0.2, 0.25) is 0 Å². The molecule has 0 atom stereocenters. The number of thioether (sulfide) groups is 1. The molecule has 36 heavy (non-hydrogen) atoms. The topological polar surface area (TPSA) is 41.9 Å². The Morgan fingerprint density at radius 2 is 1.67 bits per heavy atom. The summed E-state index contributed by atoms with van der Waals surface area (Å²) in [6.07, 6.45) is 2.80. The fraction of sp³-hybridized carbons (Fsp3) is 0.161. The maximum atomic E-state index is 13.1. The van der Waals surface area contributed by atoms with Crippen LogP contribution in [-0.4, -0.2) is 22.5 Å². The lowest BCUT2D eigenvalue weighted by atomic mass is 10.1. The van der Waals surface area contributed by atoms with Gasteiger partial charge in [-0.05, 0) is 77.3 Å². The number of nitrogens with zero attached hydrogens (tertiary/aromatic N) is 2. The highest BCUT2D eigenvalue weighted by Gasteiger charge is 2.32. The molecule has 1 heterocycles. The average Bonchev–Trinajstić information content (AvgIpc) is 3.18. The van der Waals surface area contributed by atoms with Gasteiger partial charge in [0.05, 0.1) is 10.6 Å². The number of fused-ring (bicyclic) bond motifs is 1. The Balaban J connectivity index is 1.30. The van der Waals surface area contributed by atoms with Crippen LogP contribution in [0.25, 0.3) is 16.8 Å². The highest BCUT2D eigenvalue weighted by Crippen LogP contribution is 2.34. The molecule has 0 N–H and O–H groups in total. The molecule has 4 aromatic rings. The molecule has 0 saturated carbocycles. The van der Waals surface area contributed by atoms with E-state index in [9.17, 15) is 4.79 Å². The molecule has 1 saturated heterocycles. The predicted octanol–water partition coefficient (Wildman–Crippen LogP) is 7.74. The van der Waals surface area contributed by atoms with Crippen molar-refractivity contribution in [1.82, 2.24) is 4.90 Å². The summed E-state index contributed by atoms with van der Waals surface area (Å²) in [6.45, 7) is 5.27. The first-order chi connectivity index (χ1) is 17.6. The summed E-state index contributed by atoms with van der Waals surface area (Å²) < 4.78 is 6.07. The van der Waals surface area contributed by atoms with E-state index in [4.69, 9.17) is 9.73 Å². The van der Waals surface area contributed by atoms with E-state index in [2.05, 4.69) is 50.2 Å². The second-order valence-electron chi connectivity index (χ2n) is 8.79. The zero-order valence-electron chi connectivity index (χ0n) is 20.5. The fourth-order valence-corrected chi connectivity index (χ4v) is 5.16. The number of hydrogen-bond donors (Lipinski definition) is 0. The summed E-state index contributed by atoms with van der Waals surface area (Å²) in [6, 6.07) is 30.5. The van der Waals surface area contributed by atoms with Gasteiger partial charge >= 0.3 is 0 Å². The number of hydrogen-bond acceptors (Lipinski definition) is 4. The molecule has 1 aliphatic rings. The maximum absolute atomic E-state index is 13.1. The van der Waals surface area contributed by atoms with Gasteiger partial charge in [0.1, 0.15) is 12.4 Å². The van der Waals surface area contributed by atoms with Gasteiger partial charge in [-0.25, -0.2) is 4.99 Å². The average molecular weight is 493 g/mol. The van der Waals surface area contributed by atoms with Gasteiger partial charge in [-0.1, -0.05) is 79.2 Å². The van der Waals surface area contributed by atoms with Crippen LogP contribution >= 0.6 is 11.8 Å². The van der Waals surface area contributed by atoms with E-state index in [1.165, 1.54) is 28.1 Å². The number of amidine groups is 1. The van der Waals surface area contributed by atoms with Crippen LogP contribution in [0.5, 0.6) is 5.75 Å². The highest BCUT2D eigenvalue weighted by atomic mass is 32.2. The van der Waals surface area contributed by atoms with Crippen LogP contribution in [0.2, 0.25) is 0 Å². The Hall–Kier alpha value is -3.83. The standard InChI is InChI=1S/C31H28N2O2S/c1-3-19-33-30(34)29(36-31(33)32-26-15-11-22(2)12-16-26)20-23-13-17-27(18-14-23)35-21-25-9-6-8-24-7-4-5-10-28(24)25/h4-18,20H,3,19,21H2,1-2H3/b29-20+,32-31?. The lowest BCUT2D eigenvalue weighted by Crippen LogP contribution is -2.29. The maximum Gasteiger partial charge on any atom is 0.266 e. The van der Waals surface area contributed by atoms with E-state index in [0.29, 0.717) is 18.1 Å². The third kappa shape index (κ3) is 5.37. The van der Waals surface area contributed by atoms with Gasteiger partial charge < -0.3 is 4.74 Å². The molecule has 0 spiro atoms. The number of benzene rings is 4. The molecule has 1 fully saturated rings. The van der Waals surface area contributed by atoms with Crippen LogP contribution in [0.15, 0.2) is 101 Å². The fourth-order valence-electron chi connectivity index (χ4n) is 4.13. The van der Waals surface area contributed by atoms with E-state index >= 15 is 0 Å². The Labute approximate surface area is 216 Å². The lowest BCUT2D eigenvalue weighted by Gasteiger charge is -2.13. The Bertz CT molecular complexity index is 1430.